The molecule has 0 aliphatic heterocycles. The van der Waals surface area contributed by atoms with Crippen molar-refractivity contribution in [3.05, 3.63) is 218 Å². The van der Waals surface area contributed by atoms with Gasteiger partial charge in [-0.2, -0.15) is 0 Å². The first-order valence-electron chi connectivity index (χ1n) is 20.8. The summed E-state index contributed by atoms with van der Waals surface area (Å²) in [5.74, 6) is 1.88. The zero-order valence-electron chi connectivity index (χ0n) is 33.4. The molecular weight excluding hydrogens is 743 g/mol. The van der Waals surface area contributed by atoms with Crippen molar-refractivity contribution in [1.29, 1.82) is 0 Å². The monoisotopic (exact) mass is 781 g/mol. The Bertz CT molecular complexity index is 3200. The number of nitrogens with zero attached hydrogens (tertiary/aromatic N) is 5. The van der Waals surface area contributed by atoms with Crippen molar-refractivity contribution in [2.75, 3.05) is 0 Å². The van der Waals surface area contributed by atoms with Crippen LogP contribution in [0.3, 0.4) is 0 Å². The van der Waals surface area contributed by atoms with Gasteiger partial charge in [-0.05, 0) is 75.5 Å². The first-order valence-corrected chi connectivity index (χ1v) is 20.8. The van der Waals surface area contributed by atoms with Crippen LogP contribution >= 0.6 is 0 Å². The second kappa shape index (κ2) is 15.6. The van der Waals surface area contributed by atoms with Crippen molar-refractivity contribution in [3.8, 4) is 90.1 Å². The highest BCUT2D eigenvalue weighted by Crippen LogP contribution is 2.36. The number of allylic oxidation sites excluding steroid dienone is 1. The summed E-state index contributed by atoms with van der Waals surface area (Å²) in [7, 11) is 0. The van der Waals surface area contributed by atoms with Crippen LogP contribution in [-0.2, 0) is 6.42 Å². The maximum absolute atomic E-state index is 5.14. The fourth-order valence-corrected chi connectivity index (χ4v) is 8.45. The zero-order valence-corrected chi connectivity index (χ0v) is 33.4. The number of hydrogen-bond donors (Lipinski definition) is 0. The highest BCUT2D eigenvalue weighted by atomic mass is 15.0. The minimum absolute atomic E-state index is 0.621. The molecule has 0 atom stereocenters. The van der Waals surface area contributed by atoms with Crippen molar-refractivity contribution in [2.45, 2.75) is 12.8 Å². The van der Waals surface area contributed by atoms with Crippen LogP contribution in [0.25, 0.3) is 102 Å². The van der Waals surface area contributed by atoms with Gasteiger partial charge in [0.1, 0.15) is 5.65 Å². The molecule has 0 fully saturated rings. The lowest BCUT2D eigenvalue weighted by Crippen LogP contribution is -2.00. The summed E-state index contributed by atoms with van der Waals surface area (Å²) >= 11 is 0. The van der Waals surface area contributed by atoms with Crippen LogP contribution in [-0.4, -0.2) is 24.3 Å². The smallest absolute Gasteiger partial charge is 0.164 e. The molecule has 61 heavy (non-hydrogen) atoms. The first-order chi connectivity index (χ1) is 30.2. The number of fused-ring (bicyclic) bond motifs is 2. The molecule has 0 N–H and O–H groups in total. The number of hydrogen-bond acceptors (Lipinski definition) is 4. The van der Waals surface area contributed by atoms with E-state index >= 15 is 0 Å². The van der Waals surface area contributed by atoms with Crippen LogP contribution in [0.15, 0.2) is 206 Å². The molecule has 0 bridgehead atoms. The van der Waals surface area contributed by atoms with Gasteiger partial charge in [0.25, 0.3) is 0 Å². The Labute approximate surface area is 355 Å². The molecule has 1 aliphatic carbocycles. The van der Waals surface area contributed by atoms with Gasteiger partial charge in [-0.15, -0.1) is 0 Å². The van der Waals surface area contributed by atoms with Crippen LogP contribution in [0.5, 0.6) is 0 Å². The van der Waals surface area contributed by atoms with E-state index in [2.05, 4.69) is 193 Å². The Kier molecular flexibility index (Phi) is 9.24. The van der Waals surface area contributed by atoms with Crippen LogP contribution in [0.1, 0.15) is 17.5 Å². The molecule has 1 aliphatic rings. The lowest BCUT2D eigenvalue weighted by molar-refractivity contribution is 0.986. The average Bonchev–Trinajstić information content (AvgIpc) is 3.74. The third kappa shape index (κ3) is 7.02. The largest absolute Gasteiger partial charge is 0.299 e. The molecule has 5 nitrogen and oxygen atoms in total. The maximum Gasteiger partial charge on any atom is 0.164 e. The average molecular weight is 782 g/mol. The van der Waals surface area contributed by atoms with E-state index in [-0.39, 0.29) is 0 Å². The van der Waals surface area contributed by atoms with E-state index in [0.717, 1.165) is 74.4 Å². The van der Waals surface area contributed by atoms with Gasteiger partial charge < -0.3 is 0 Å². The van der Waals surface area contributed by atoms with Gasteiger partial charge in [0.2, 0.25) is 0 Å². The number of imidazole rings is 1. The third-order valence-electron chi connectivity index (χ3n) is 11.6. The lowest BCUT2D eigenvalue weighted by atomic mass is 9.90. The second-order valence-electron chi connectivity index (χ2n) is 15.4. The van der Waals surface area contributed by atoms with E-state index in [1.807, 2.05) is 24.3 Å². The summed E-state index contributed by atoms with van der Waals surface area (Å²) in [4.78, 5) is 20.4. The Morgan fingerprint density at radius 1 is 0.377 bits per heavy atom. The summed E-state index contributed by atoms with van der Waals surface area (Å²) in [6, 6.07) is 67.9. The SMILES string of the molecule is C1=Cc2c(cccc2-c2ccc(-c3nc(-c4ccc(-c5ccccc5)cc4)nc(-c4cccc(-c5ccc(-c6c(-c7ccccc7)nc7ccccn67)cc5)c4)n3)cc2)CC1. The molecule has 10 aromatic rings. The quantitative estimate of drug-likeness (QED) is 0.154. The molecule has 7 aromatic carbocycles. The van der Waals surface area contributed by atoms with E-state index in [9.17, 15) is 0 Å². The number of pyridine rings is 1. The summed E-state index contributed by atoms with van der Waals surface area (Å²) in [6.07, 6.45) is 8.78. The van der Waals surface area contributed by atoms with E-state index in [1.165, 1.54) is 27.8 Å². The van der Waals surface area contributed by atoms with Crippen molar-refractivity contribution in [2.24, 2.45) is 0 Å². The van der Waals surface area contributed by atoms with Gasteiger partial charge in [0, 0.05) is 34.0 Å². The molecule has 0 amide bonds. The Balaban J connectivity index is 0.966. The van der Waals surface area contributed by atoms with Gasteiger partial charge >= 0.3 is 0 Å². The van der Waals surface area contributed by atoms with Crippen LogP contribution in [0.4, 0.5) is 0 Å². The summed E-state index contributed by atoms with van der Waals surface area (Å²) in [5.41, 5.74) is 17.5. The van der Waals surface area contributed by atoms with Crippen molar-refractivity contribution in [3.63, 3.8) is 0 Å². The molecule has 288 valence electrons. The van der Waals surface area contributed by atoms with Gasteiger partial charge in [-0.3, -0.25) is 4.40 Å². The van der Waals surface area contributed by atoms with Gasteiger partial charge in [-0.25, -0.2) is 19.9 Å². The molecule has 0 unspecified atom stereocenters. The normalized spacial score (nSPS) is 12.1. The van der Waals surface area contributed by atoms with Crippen LogP contribution in [0, 0.1) is 0 Å². The summed E-state index contributed by atoms with van der Waals surface area (Å²) < 4.78 is 2.17. The minimum atomic E-state index is 0.621. The predicted molar refractivity (Wildman–Crippen MR) is 249 cm³/mol. The molecule has 0 saturated heterocycles. The van der Waals surface area contributed by atoms with Gasteiger partial charge in [0.15, 0.2) is 17.5 Å². The highest BCUT2D eigenvalue weighted by Gasteiger charge is 2.18. The summed E-state index contributed by atoms with van der Waals surface area (Å²) in [5, 5.41) is 0. The third-order valence-corrected chi connectivity index (χ3v) is 11.6. The molecule has 0 radical (unpaired) electrons. The van der Waals surface area contributed by atoms with Crippen molar-refractivity contribution in [1.82, 2.24) is 24.3 Å². The second-order valence-corrected chi connectivity index (χ2v) is 15.4. The molecule has 3 heterocycles. The van der Waals surface area contributed by atoms with Crippen LogP contribution in [0.2, 0.25) is 0 Å². The molecule has 0 spiro atoms. The zero-order chi connectivity index (χ0) is 40.5. The van der Waals surface area contributed by atoms with Crippen molar-refractivity contribution >= 4 is 11.7 Å². The minimum Gasteiger partial charge on any atom is -0.299 e. The van der Waals surface area contributed by atoms with E-state index in [0.29, 0.717) is 17.5 Å². The number of rotatable bonds is 8. The standard InChI is InChI=1S/C56H39N5/c1-3-13-38(14-4-1)39-26-32-45(33-27-39)54-58-55(46-34-28-42(29-35-46)50-22-12-18-41-15-7-8-21-49(41)50)60-56(59-54)48-20-11-19-47(37-48)40-24-30-44(31-25-40)53-52(43-16-5-2-6-17-43)57-51-23-9-10-36-61(51)53/h1-6,8-14,16-37H,7,15H2. The van der Waals surface area contributed by atoms with Gasteiger partial charge in [0.05, 0.1) is 11.4 Å². The first kappa shape index (κ1) is 36.1. The highest BCUT2D eigenvalue weighted by molar-refractivity contribution is 5.84. The number of aromatic nitrogens is 5. The Morgan fingerprint density at radius 2 is 0.902 bits per heavy atom. The Morgan fingerprint density at radius 3 is 1.61 bits per heavy atom. The van der Waals surface area contributed by atoms with Gasteiger partial charge in [-0.1, -0.05) is 188 Å². The van der Waals surface area contributed by atoms with E-state index < -0.39 is 0 Å². The van der Waals surface area contributed by atoms with Crippen LogP contribution < -0.4 is 0 Å². The Hall–Kier alpha value is -8.02. The molecule has 0 saturated carbocycles. The van der Waals surface area contributed by atoms with E-state index in [1.54, 1.807) is 0 Å². The topological polar surface area (TPSA) is 56.0 Å². The molecule has 5 heteroatoms. The number of aryl methyl sites for hydroxylation is 1. The number of benzene rings is 7. The summed E-state index contributed by atoms with van der Waals surface area (Å²) in [6.45, 7) is 0. The molecule has 3 aromatic heterocycles. The fourth-order valence-electron chi connectivity index (χ4n) is 8.45. The fraction of sp³-hybridized carbons (Fsp3) is 0.0357. The maximum atomic E-state index is 5.14. The van der Waals surface area contributed by atoms with Crippen molar-refractivity contribution < 1.29 is 0 Å². The molecular formula is C56H39N5. The predicted octanol–water partition coefficient (Wildman–Crippen LogP) is 13.8. The van der Waals surface area contributed by atoms with E-state index in [4.69, 9.17) is 19.9 Å². The molecule has 11 rings (SSSR count). The lowest BCUT2D eigenvalue weighted by Gasteiger charge is -2.15.